The molecular formula is C15H13ClF5NO2. The molecule has 0 saturated carbocycles. The van der Waals surface area contributed by atoms with Crippen molar-refractivity contribution < 1.29 is 31.4 Å². The molecular weight excluding hydrogens is 357 g/mol. The van der Waals surface area contributed by atoms with E-state index >= 15 is 0 Å². The molecule has 2 rings (SSSR count). The molecule has 0 amide bonds. The second-order valence-corrected chi connectivity index (χ2v) is 4.45. The first-order chi connectivity index (χ1) is 10.8. The highest BCUT2D eigenvalue weighted by Gasteiger charge is 2.32. The van der Waals surface area contributed by atoms with Crippen LogP contribution in [0.1, 0.15) is 0 Å². The predicted molar refractivity (Wildman–Crippen MR) is 80.3 cm³/mol. The van der Waals surface area contributed by atoms with Gasteiger partial charge in [0.2, 0.25) is 0 Å². The maximum Gasteiger partial charge on any atom is 0.573 e. The molecule has 0 aromatic heterocycles. The van der Waals surface area contributed by atoms with Crippen LogP contribution in [0, 0.1) is 11.6 Å². The molecule has 2 aromatic carbocycles. The van der Waals surface area contributed by atoms with E-state index < -0.39 is 23.7 Å². The molecule has 2 aromatic rings. The lowest BCUT2D eigenvalue weighted by atomic mass is 10.0. The third-order valence-corrected chi connectivity index (χ3v) is 2.81. The Balaban J connectivity index is 0.00000288. The van der Waals surface area contributed by atoms with Gasteiger partial charge in [-0.25, -0.2) is 8.78 Å². The smallest absolute Gasteiger partial charge is 0.488 e. The van der Waals surface area contributed by atoms with Crippen LogP contribution in [-0.2, 0) is 0 Å². The minimum Gasteiger partial charge on any atom is -0.488 e. The fourth-order valence-corrected chi connectivity index (χ4v) is 1.89. The summed E-state index contributed by atoms with van der Waals surface area (Å²) in [4.78, 5) is 0. The summed E-state index contributed by atoms with van der Waals surface area (Å²) in [6.45, 7) is -0.00663. The van der Waals surface area contributed by atoms with Crippen molar-refractivity contribution in [3.8, 4) is 22.6 Å². The van der Waals surface area contributed by atoms with Crippen molar-refractivity contribution in [2.24, 2.45) is 5.73 Å². The summed E-state index contributed by atoms with van der Waals surface area (Å²) in [6, 6.07) is 6.80. The molecule has 0 spiro atoms. The van der Waals surface area contributed by atoms with Crippen molar-refractivity contribution in [3.05, 3.63) is 48.0 Å². The summed E-state index contributed by atoms with van der Waals surface area (Å²) in [5, 5.41) is 0. The minimum atomic E-state index is -4.91. The molecule has 0 radical (unpaired) electrons. The van der Waals surface area contributed by atoms with Crippen LogP contribution < -0.4 is 15.2 Å². The van der Waals surface area contributed by atoms with Crippen LogP contribution in [0.25, 0.3) is 11.1 Å². The lowest BCUT2D eigenvalue weighted by Gasteiger charge is -2.15. The zero-order valence-electron chi connectivity index (χ0n) is 12.1. The fraction of sp³-hybridized carbons (Fsp3) is 0.200. The zero-order valence-corrected chi connectivity index (χ0v) is 12.9. The van der Waals surface area contributed by atoms with Gasteiger partial charge in [-0.3, -0.25) is 0 Å². The molecule has 2 N–H and O–H groups in total. The normalized spacial score (nSPS) is 10.9. The topological polar surface area (TPSA) is 44.5 Å². The van der Waals surface area contributed by atoms with Gasteiger partial charge in [0.15, 0.2) is 23.1 Å². The van der Waals surface area contributed by atoms with Crippen LogP contribution >= 0.6 is 12.4 Å². The molecule has 0 atom stereocenters. The predicted octanol–water partition coefficient (Wildman–Crippen LogP) is 4.29. The van der Waals surface area contributed by atoms with Gasteiger partial charge >= 0.3 is 6.36 Å². The minimum absolute atomic E-state index is 0. The number of hydrogen-bond donors (Lipinski definition) is 1. The van der Waals surface area contributed by atoms with Crippen LogP contribution in [0.5, 0.6) is 11.5 Å². The summed E-state index contributed by atoms with van der Waals surface area (Å²) in [5.74, 6) is -3.04. The van der Waals surface area contributed by atoms with E-state index in [-0.39, 0.29) is 42.4 Å². The first kappa shape index (κ1) is 20.0. The molecule has 0 saturated heterocycles. The zero-order chi connectivity index (χ0) is 17.0. The highest BCUT2D eigenvalue weighted by molar-refractivity contribution is 5.85. The number of rotatable bonds is 5. The average Bonchev–Trinajstić information content (AvgIpc) is 2.48. The number of hydrogen-bond acceptors (Lipinski definition) is 3. The van der Waals surface area contributed by atoms with Crippen molar-refractivity contribution >= 4 is 12.4 Å². The van der Waals surface area contributed by atoms with E-state index in [9.17, 15) is 22.0 Å². The Kier molecular flexibility index (Phi) is 6.80. The third-order valence-electron chi connectivity index (χ3n) is 2.81. The average molecular weight is 370 g/mol. The van der Waals surface area contributed by atoms with Gasteiger partial charge in [-0.1, -0.05) is 18.2 Å². The first-order valence-electron chi connectivity index (χ1n) is 6.49. The molecule has 0 aliphatic carbocycles. The van der Waals surface area contributed by atoms with Gasteiger partial charge in [0.05, 0.1) is 0 Å². The second-order valence-electron chi connectivity index (χ2n) is 4.45. The van der Waals surface area contributed by atoms with Crippen LogP contribution in [-0.4, -0.2) is 19.5 Å². The lowest BCUT2D eigenvalue weighted by Crippen LogP contribution is -2.18. The standard InChI is InChI=1S/C15H12F5NO2.ClH/c16-11-3-1-2-10(14(11)17)9-4-5-12(23-15(18,19)20)13(8-9)22-7-6-21;/h1-5,8H,6-7,21H2;1H. The van der Waals surface area contributed by atoms with E-state index in [0.29, 0.717) is 0 Å². The van der Waals surface area contributed by atoms with Gasteiger partial charge < -0.3 is 15.2 Å². The largest absolute Gasteiger partial charge is 0.573 e. The second kappa shape index (κ2) is 8.16. The summed E-state index contributed by atoms with van der Waals surface area (Å²) >= 11 is 0. The molecule has 0 fully saturated rings. The molecule has 0 aliphatic rings. The molecule has 0 unspecified atom stereocenters. The summed E-state index contributed by atoms with van der Waals surface area (Å²) in [5.41, 5.74) is 5.28. The van der Waals surface area contributed by atoms with Crippen LogP contribution in [0.2, 0.25) is 0 Å². The van der Waals surface area contributed by atoms with Crippen molar-refractivity contribution in [1.82, 2.24) is 0 Å². The van der Waals surface area contributed by atoms with E-state index in [1.54, 1.807) is 0 Å². The van der Waals surface area contributed by atoms with Crippen molar-refractivity contribution in [2.45, 2.75) is 6.36 Å². The highest BCUT2D eigenvalue weighted by Crippen LogP contribution is 2.36. The molecule has 24 heavy (non-hydrogen) atoms. The van der Waals surface area contributed by atoms with E-state index in [1.807, 2.05) is 0 Å². The Morgan fingerprint density at radius 1 is 1.00 bits per heavy atom. The molecule has 0 heterocycles. The van der Waals surface area contributed by atoms with Gasteiger partial charge in [0.25, 0.3) is 0 Å². The van der Waals surface area contributed by atoms with Gasteiger partial charge in [0.1, 0.15) is 6.61 Å². The Bertz CT molecular complexity index is 694. The number of benzene rings is 2. The lowest BCUT2D eigenvalue weighted by molar-refractivity contribution is -0.275. The SMILES string of the molecule is Cl.NCCOc1cc(-c2cccc(F)c2F)ccc1OC(F)(F)F. The molecule has 9 heteroatoms. The number of alkyl halides is 3. The third kappa shape index (κ3) is 4.97. The fourth-order valence-electron chi connectivity index (χ4n) is 1.89. The van der Waals surface area contributed by atoms with Gasteiger partial charge in [0, 0.05) is 12.1 Å². The van der Waals surface area contributed by atoms with Crippen LogP contribution in [0.15, 0.2) is 36.4 Å². The summed E-state index contributed by atoms with van der Waals surface area (Å²) in [7, 11) is 0. The van der Waals surface area contributed by atoms with Gasteiger partial charge in [-0.15, -0.1) is 25.6 Å². The quantitative estimate of drug-likeness (QED) is 0.800. The number of nitrogens with two attached hydrogens (primary N) is 1. The summed E-state index contributed by atoms with van der Waals surface area (Å²) in [6.07, 6.45) is -4.91. The van der Waals surface area contributed by atoms with Crippen LogP contribution in [0.4, 0.5) is 22.0 Å². The molecule has 0 bridgehead atoms. The first-order valence-corrected chi connectivity index (χ1v) is 6.49. The Morgan fingerprint density at radius 2 is 1.71 bits per heavy atom. The molecule has 3 nitrogen and oxygen atoms in total. The van der Waals surface area contributed by atoms with E-state index in [2.05, 4.69) is 4.74 Å². The number of halogens is 6. The van der Waals surface area contributed by atoms with E-state index in [0.717, 1.165) is 18.2 Å². The molecule has 0 aliphatic heterocycles. The van der Waals surface area contributed by atoms with Crippen molar-refractivity contribution in [3.63, 3.8) is 0 Å². The number of ether oxygens (including phenoxy) is 2. The Labute approximate surface area is 140 Å². The van der Waals surface area contributed by atoms with Gasteiger partial charge in [-0.05, 0) is 23.8 Å². The van der Waals surface area contributed by atoms with Gasteiger partial charge in [-0.2, -0.15) is 0 Å². The summed E-state index contributed by atoms with van der Waals surface area (Å²) < 4.78 is 73.1. The van der Waals surface area contributed by atoms with E-state index in [1.165, 1.54) is 18.2 Å². The Morgan fingerprint density at radius 3 is 2.33 bits per heavy atom. The maximum absolute atomic E-state index is 13.8. The van der Waals surface area contributed by atoms with Crippen molar-refractivity contribution in [2.75, 3.05) is 13.2 Å². The van der Waals surface area contributed by atoms with Crippen LogP contribution in [0.3, 0.4) is 0 Å². The highest BCUT2D eigenvalue weighted by atomic mass is 35.5. The monoisotopic (exact) mass is 369 g/mol. The van der Waals surface area contributed by atoms with Crippen molar-refractivity contribution in [1.29, 1.82) is 0 Å². The van der Waals surface area contributed by atoms with E-state index in [4.69, 9.17) is 10.5 Å². The Hall–Kier alpha value is -2.06. The maximum atomic E-state index is 13.8. The molecule has 132 valence electrons.